The molecule has 0 bridgehead atoms. The molecule has 6 heteroatoms. The van der Waals surface area contributed by atoms with E-state index in [9.17, 15) is 8.78 Å². The van der Waals surface area contributed by atoms with Gasteiger partial charge in [-0.25, -0.2) is 8.78 Å². The van der Waals surface area contributed by atoms with Crippen LogP contribution in [0.1, 0.15) is 11.3 Å². The van der Waals surface area contributed by atoms with E-state index < -0.39 is 12.5 Å². The summed E-state index contributed by atoms with van der Waals surface area (Å²) in [7, 11) is 1.81. The Morgan fingerprint density at radius 1 is 1.60 bits per heavy atom. The molecule has 1 aromatic heterocycles. The van der Waals surface area contributed by atoms with Crippen molar-refractivity contribution in [3.63, 3.8) is 0 Å². The molecule has 0 fully saturated rings. The molecule has 0 amide bonds. The number of aryl methyl sites for hydroxylation is 1. The van der Waals surface area contributed by atoms with Gasteiger partial charge in [-0.05, 0) is 6.92 Å². The number of hydrogen-bond acceptors (Lipinski definition) is 3. The Morgan fingerprint density at radius 2 is 2.27 bits per heavy atom. The first kappa shape index (κ1) is 12.1. The summed E-state index contributed by atoms with van der Waals surface area (Å²) in [6.07, 6.45) is -2.63. The fraction of sp³-hybridized carbons (Fsp3) is 0.667. The van der Waals surface area contributed by atoms with Crippen molar-refractivity contribution in [2.24, 2.45) is 7.05 Å². The fourth-order valence-corrected chi connectivity index (χ4v) is 1.16. The van der Waals surface area contributed by atoms with E-state index >= 15 is 0 Å². The lowest BCUT2D eigenvalue weighted by Crippen LogP contribution is -2.31. The molecule has 1 rings (SSSR count). The Balaban J connectivity index is 2.35. The van der Waals surface area contributed by atoms with Gasteiger partial charge in [0.2, 0.25) is 0 Å². The maximum Gasteiger partial charge on any atom is 0.265 e. The molecule has 1 atom stereocenters. The second kappa shape index (κ2) is 5.18. The van der Waals surface area contributed by atoms with Crippen molar-refractivity contribution in [3.05, 3.63) is 17.5 Å². The fourth-order valence-electron chi connectivity index (χ4n) is 1.16. The van der Waals surface area contributed by atoms with Crippen LogP contribution in [0.3, 0.4) is 0 Å². The van der Waals surface area contributed by atoms with Gasteiger partial charge >= 0.3 is 0 Å². The third-order valence-corrected chi connectivity index (χ3v) is 2.30. The summed E-state index contributed by atoms with van der Waals surface area (Å²) in [5, 5.41) is 15.6. The van der Waals surface area contributed by atoms with Gasteiger partial charge in [0.05, 0.1) is 6.20 Å². The molecule has 1 unspecified atom stereocenters. The monoisotopic (exact) mass is 219 g/mol. The summed E-state index contributed by atoms with van der Waals surface area (Å²) >= 11 is 0. The van der Waals surface area contributed by atoms with Crippen LogP contribution in [0.2, 0.25) is 0 Å². The standard InChI is InChI=1S/C9H15F2N3O/c1-6-7(4-13-14(6)2)3-12-5-8(15)9(10)11/h4,8-9,12,15H,3,5H2,1-2H3. The van der Waals surface area contributed by atoms with Gasteiger partial charge in [-0.15, -0.1) is 0 Å². The number of aliphatic hydroxyl groups excluding tert-OH is 1. The molecule has 0 aromatic carbocycles. The van der Waals surface area contributed by atoms with Crippen LogP contribution in [0.15, 0.2) is 6.20 Å². The van der Waals surface area contributed by atoms with E-state index in [0.29, 0.717) is 6.54 Å². The second-order valence-electron chi connectivity index (χ2n) is 3.41. The van der Waals surface area contributed by atoms with Gasteiger partial charge in [0, 0.05) is 31.4 Å². The van der Waals surface area contributed by atoms with E-state index in [1.807, 2.05) is 14.0 Å². The summed E-state index contributed by atoms with van der Waals surface area (Å²) in [6, 6.07) is 0. The number of nitrogens with zero attached hydrogens (tertiary/aromatic N) is 2. The number of rotatable bonds is 5. The smallest absolute Gasteiger partial charge is 0.265 e. The topological polar surface area (TPSA) is 50.1 Å². The molecule has 86 valence electrons. The first-order valence-corrected chi connectivity index (χ1v) is 4.66. The van der Waals surface area contributed by atoms with Crippen LogP contribution in [-0.2, 0) is 13.6 Å². The van der Waals surface area contributed by atoms with Crippen LogP contribution < -0.4 is 5.32 Å². The molecule has 0 saturated carbocycles. The Kier molecular flexibility index (Phi) is 4.16. The van der Waals surface area contributed by atoms with Crippen LogP contribution in [0.5, 0.6) is 0 Å². The van der Waals surface area contributed by atoms with Crippen molar-refractivity contribution in [3.8, 4) is 0 Å². The van der Waals surface area contributed by atoms with Gasteiger partial charge in [-0.2, -0.15) is 5.10 Å². The van der Waals surface area contributed by atoms with Gasteiger partial charge in [-0.3, -0.25) is 4.68 Å². The van der Waals surface area contributed by atoms with Gasteiger partial charge in [0.15, 0.2) is 0 Å². The lowest BCUT2D eigenvalue weighted by atomic mass is 10.2. The van der Waals surface area contributed by atoms with Crippen molar-refractivity contribution < 1.29 is 13.9 Å². The molecule has 1 aromatic rings. The molecule has 0 aliphatic heterocycles. The number of halogens is 2. The molecular weight excluding hydrogens is 204 g/mol. The van der Waals surface area contributed by atoms with E-state index in [1.165, 1.54) is 0 Å². The minimum Gasteiger partial charge on any atom is -0.386 e. The average Bonchev–Trinajstić information content (AvgIpc) is 2.49. The SMILES string of the molecule is Cc1c(CNCC(O)C(F)F)cnn1C. The highest BCUT2D eigenvalue weighted by molar-refractivity contribution is 5.15. The van der Waals surface area contributed by atoms with Crippen molar-refractivity contribution in [2.75, 3.05) is 6.54 Å². The predicted molar refractivity (Wildman–Crippen MR) is 51.7 cm³/mol. The van der Waals surface area contributed by atoms with Crippen LogP contribution in [0.4, 0.5) is 8.78 Å². The molecule has 0 radical (unpaired) electrons. The van der Waals surface area contributed by atoms with Gasteiger partial charge in [0.1, 0.15) is 6.10 Å². The quantitative estimate of drug-likeness (QED) is 0.755. The summed E-state index contributed by atoms with van der Waals surface area (Å²) in [4.78, 5) is 0. The van der Waals surface area contributed by atoms with E-state index in [0.717, 1.165) is 11.3 Å². The highest BCUT2D eigenvalue weighted by Gasteiger charge is 2.15. The first-order valence-electron chi connectivity index (χ1n) is 4.66. The number of aromatic nitrogens is 2. The van der Waals surface area contributed by atoms with Crippen molar-refractivity contribution in [2.45, 2.75) is 26.0 Å². The Bertz CT molecular complexity index is 314. The normalized spacial score (nSPS) is 13.5. The van der Waals surface area contributed by atoms with Crippen LogP contribution in [0, 0.1) is 6.92 Å². The highest BCUT2D eigenvalue weighted by atomic mass is 19.3. The van der Waals surface area contributed by atoms with Crippen LogP contribution in [0.25, 0.3) is 0 Å². The van der Waals surface area contributed by atoms with Crippen LogP contribution in [-0.4, -0.2) is 34.0 Å². The third-order valence-electron chi connectivity index (χ3n) is 2.30. The van der Waals surface area contributed by atoms with Gasteiger partial charge in [0.25, 0.3) is 6.43 Å². The zero-order valence-electron chi connectivity index (χ0n) is 8.74. The van der Waals surface area contributed by atoms with Gasteiger partial charge in [-0.1, -0.05) is 0 Å². The zero-order chi connectivity index (χ0) is 11.4. The zero-order valence-corrected chi connectivity index (χ0v) is 8.74. The average molecular weight is 219 g/mol. The maximum absolute atomic E-state index is 11.9. The Morgan fingerprint density at radius 3 is 2.73 bits per heavy atom. The van der Waals surface area contributed by atoms with Crippen LogP contribution >= 0.6 is 0 Å². The molecule has 1 heterocycles. The Hall–Kier alpha value is -1.01. The molecule has 0 saturated heterocycles. The van der Waals surface area contributed by atoms with E-state index in [-0.39, 0.29) is 6.54 Å². The van der Waals surface area contributed by atoms with Gasteiger partial charge < -0.3 is 10.4 Å². The van der Waals surface area contributed by atoms with Crippen molar-refractivity contribution in [1.82, 2.24) is 15.1 Å². The lowest BCUT2D eigenvalue weighted by Gasteiger charge is -2.10. The largest absolute Gasteiger partial charge is 0.386 e. The second-order valence-corrected chi connectivity index (χ2v) is 3.41. The first-order chi connectivity index (χ1) is 7.02. The predicted octanol–water partition coefficient (Wildman–Crippen LogP) is 0.444. The van der Waals surface area contributed by atoms with Crippen molar-refractivity contribution in [1.29, 1.82) is 0 Å². The molecular formula is C9H15F2N3O. The number of alkyl halides is 2. The molecule has 0 aliphatic rings. The third kappa shape index (κ3) is 3.24. The molecule has 4 nitrogen and oxygen atoms in total. The summed E-state index contributed by atoms with van der Waals surface area (Å²) in [5.41, 5.74) is 1.92. The van der Waals surface area contributed by atoms with E-state index in [1.54, 1.807) is 10.9 Å². The van der Waals surface area contributed by atoms with E-state index in [2.05, 4.69) is 10.4 Å². The molecule has 2 N–H and O–H groups in total. The molecule has 15 heavy (non-hydrogen) atoms. The molecule has 0 aliphatic carbocycles. The minimum absolute atomic E-state index is 0.119. The Labute approximate surface area is 86.9 Å². The minimum atomic E-state index is -2.70. The van der Waals surface area contributed by atoms with Crippen molar-refractivity contribution >= 4 is 0 Å². The number of nitrogens with one attached hydrogen (secondary N) is 1. The number of aliphatic hydroxyl groups is 1. The summed E-state index contributed by atoms with van der Waals surface area (Å²) in [5.74, 6) is 0. The molecule has 0 spiro atoms. The summed E-state index contributed by atoms with van der Waals surface area (Å²) in [6.45, 7) is 2.21. The summed E-state index contributed by atoms with van der Waals surface area (Å²) < 4.78 is 25.6. The lowest BCUT2D eigenvalue weighted by molar-refractivity contribution is -0.00341. The highest BCUT2D eigenvalue weighted by Crippen LogP contribution is 2.05. The number of hydrogen-bond donors (Lipinski definition) is 2. The van der Waals surface area contributed by atoms with E-state index in [4.69, 9.17) is 5.11 Å². The maximum atomic E-state index is 11.9.